The molecule has 0 aliphatic carbocycles. The summed E-state index contributed by atoms with van der Waals surface area (Å²) < 4.78 is 11.2. The normalized spacial score (nSPS) is 15.5. The molecule has 1 aliphatic heterocycles. The van der Waals surface area contributed by atoms with E-state index in [4.69, 9.17) is 15.2 Å². The van der Waals surface area contributed by atoms with Crippen molar-refractivity contribution in [2.45, 2.75) is 13.0 Å². The first-order valence-corrected chi connectivity index (χ1v) is 9.45. The molecule has 0 bridgehead atoms. The Morgan fingerprint density at radius 2 is 1.85 bits per heavy atom. The van der Waals surface area contributed by atoms with Crippen molar-refractivity contribution < 1.29 is 9.47 Å². The van der Waals surface area contributed by atoms with E-state index in [0.717, 1.165) is 62.9 Å². The lowest BCUT2D eigenvalue weighted by molar-refractivity contribution is 0.0376. The van der Waals surface area contributed by atoms with Gasteiger partial charge in [-0.15, -0.1) is 0 Å². The van der Waals surface area contributed by atoms with Gasteiger partial charge in [-0.2, -0.15) is 0 Å². The zero-order valence-corrected chi connectivity index (χ0v) is 15.6. The molecule has 1 saturated heterocycles. The summed E-state index contributed by atoms with van der Waals surface area (Å²) in [5, 5.41) is 3.19. The molecule has 2 aromatic carbocycles. The molecule has 144 valence electrons. The molecule has 0 atom stereocenters. The van der Waals surface area contributed by atoms with Crippen molar-refractivity contribution in [3.63, 3.8) is 0 Å². The van der Waals surface area contributed by atoms with Gasteiger partial charge >= 0.3 is 0 Å². The number of aliphatic imine (C=N–C) groups is 1. The number of hydrogen-bond donors (Lipinski definition) is 2. The first-order valence-electron chi connectivity index (χ1n) is 9.45. The Kier molecular flexibility index (Phi) is 7.50. The van der Waals surface area contributed by atoms with Crippen LogP contribution in [0.4, 0.5) is 0 Å². The molecule has 0 radical (unpaired) electrons. The summed E-state index contributed by atoms with van der Waals surface area (Å²) in [6.45, 7) is 6.12. The molecule has 0 saturated carbocycles. The molecule has 6 nitrogen and oxygen atoms in total. The van der Waals surface area contributed by atoms with Crippen molar-refractivity contribution in [2.75, 3.05) is 39.4 Å². The number of ether oxygens (including phenoxy) is 2. The SMILES string of the molecule is NC(=NCc1cccc(Oc2ccccc2)c1)NCCCN1CCOCC1. The molecule has 0 amide bonds. The van der Waals surface area contributed by atoms with Crippen LogP contribution in [-0.4, -0.2) is 50.3 Å². The Bertz CT molecular complexity index is 715. The zero-order valence-electron chi connectivity index (χ0n) is 15.6. The molecular formula is C21H28N4O2. The van der Waals surface area contributed by atoms with Crippen LogP contribution in [-0.2, 0) is 11.3 Å². The van der Waals surface area contributed by atoms with E-state index in [0.29, 0.717) is 12.5 Å². The zero-order chi connectivity index (χ0) is 18.7. The number of nitrogens with two attached hydrogens (primary N) is 1. The molecule has 0 aromatic heterocycles. The highest BCUT2D eigenvalue weighted by atomic mass is 16.5. The van der Waals surface area contributed by atoms with E-state index in [9.17, 15) is 0 Å². The maximum absolute atomic E-state index is 5.98. The van der Waals surface area contributed by atoms with E-state index in [-0.39, 0.29) is 0 Å². The summed E-state index contributed by atoms with van der Waals surface area (Å²) >= 11 is 0. The second-order valence-electron chi connectivity index (χ2n) is 6.50. The van der Waals surface area contributed by atoms with Gasteiger partial charge in [0, 0.05) is 19.6 Å². The van der Waals surface area contributed by atoms with Gasteiger partial charge in [0.1, 0.15) is 11.5 Å². The van der Waals surface area contributed by atoms with Crippen molar-refractivity contribution in [1.82, 2.24) is 10.2 Å². The number of guanidine groups is 1. The van der Waals surface area contributed by atoms with Crippen molar-refractivity contribution in [2.24, 2.45) is 10.7 Å². The van der Waals surface area contributed by atoms with Crippen LogP contribution in [0.1, 0.15) is 12.0 Å². The number of hydrogen-bond acceptors (Lipinski definition) is 4. The Labute approximate surface area is 161 Å². The summed E-state index contributed by atoms with van der Waals surface area (Å²) in [5.74, 6) is 2.09. The highest BCUT2D eigenvalue weighted by Gasteiger charge is 2.09. The van der Waals surface area contributed by atoms with Gasteiger partial charge in [-0.3, -0.25) is 4.90 Å². The quantitative estimate of drug-likeness (QED) is 0.426. The minimum atomic E-state index is 0.478. The van der Waals surface area contributed by atoms with E-state index in [1.54, 1.807) is 0 Å². The average molecular weight is 368 g/mol. The van der Waals surface area contributed by atoms with Gasteiger partial charge in [0.15, 0.2) is 5.96 Å². The Hall–Kier alpha value is -2.57. The molecule has 0 spiro atoms. The molecule has 0 unspecified atom stereocenters. The van der Waals surface area contributed by atoms with Crippen LogP contribution in [0.2, 0.25) is 0 Å². The van der Waals surface area contributed by atoms with Gasteiger partial charge in [0.25, 0.3) is 0 Å². The third kappa shape index (κ3) is 6.92. The third-order valence-electron chi connectivity index (χ3n) is 4.37. The van der Waals surface area contributed by atoms with Gasteiger partial charge in [-0.05, 0) is 42.8 Å². The smallest absolute Gasteiger partial charge is 0.188 e. The monoisotopic (exact) mass is 368 g/mol. The number of benzene rings is 2. The molecule has 3 rings (SSSR count). The molecule has 6 heteroatoms. The lowest BCUT2D eigenvalue weighted by Gasteiger charge is -2.26. The Morgan fingerprint density at radius 3 is 2.67 bits per heavy atom. The molecule has 1 heterocycles. The molecule has 3 N–H and O–H groups in total. The van der Waals surface area contributed by atoms with Crippen LogP contribution in [0.5, 0.6) is 11.5 Å². The van der Waals surface area contributed by atoms with Gasteiger partial charge in [0.2, 0.25) is 0 Å². The number of rotatable bonds is 8. The van der Waals surface area contributed by atoms with Crippen molar-refractivity contribution in [1.29, 1.82) is 0 Å². The highest BCUT2D eigenvalue weighted by Crippen LogP contribution is 2.22. The second kappa shape index (κ2) is 10.5. The van der Waals surface area contributed by atoms with Crippen LogP contribution in [0.3, 0.4) is 0 Å². The average Bonchev–Trinajstić information content (AvgIpc) is 2.71. The van der Waals surface area contributed by atoms with Gasteiger partial charge in [-0.25, -0.2) is 4.99 Å². The fourth-order valence-corrected chi connectivity index (χ4v) is 2.91. The van der Waals surface area contributed by atoms with Gasteiger partial charge < -0.3 is 20.5 Å². The first-order chi connectivity index (χ1) is 13.3. The molecule has 1 aliphatic rings. The minimum absolute atomic E-state index is 0.478. The van der Waals surface area contributed by atoms with E-state index >= 15 is 0 Å². The topological polar surface area (TPSA) is 72.1 Å². The summed E-state index contributed by atoms with van der Waals surface area (Å²) in [7, 11) is 0. The predicted molar refractivity (Wildman–Crippen MR) is 108 cm³/mol. The molecule has 1 fully saturated rings. The van der Waals surface area contributed by atoms with Crippen molar-refractivity contribution in [3.05, 3.63) is 60.2 Å². The van der Waals surface area contributed by atoms with Crippen LogP contribution < -0.4 is 15.8 Å². The summed E-state index contributed by atoms with van der Waals surface area (Å²) in [4.78, 5) is 6.83. The van der Waals surface area contributed by atoms with Crippen LogP contribution >= 0.6 is 0 Å². The largest absolute Gasteiger partial charge is 0.457 e. The summed E-state index contributed by atoms with van der Waals surface area (Å²) in [5.41, 5.74) is 7.03. The van der Waals surface area contributed by atoms with E-state index in [2.05, 4.69) is 15.2 Å². The second-order valence-corrected chi connectivity index (χ2v) is 6.50. The minimum Gasteiger partial charge on any atom is -0.457 e. The molecular weight excluding hydrogens is 340 g/mol. The third-order valence-corrected chi connectivity index (χ3v) is 4.37. The highest BCUT2D eigenvalue weighted by molar-refractivity contribution is 5.77. The fraction of sp³-hybridized carbons (Fsp3) is 0.381. The first kappa shape index (κ1) is 19.2. The number of nitrogens with zero attached hydrogens (tertiary/aromatic N) is 2. The van der Waals surface area contributed by atoms with Gasteiger partial charge in [0.05, 0.1) is 19.8 Å². The Balaban J connectivity index is 1.40. The van der Waals surface area contributed by atoms with Crippen LogP contribution in [0.15, 0.2) is 59.6 Å². The number of nitrogens with one attached hydrogen (secondary N) is 1. The lowest BCUT2D eigenvalue weighted by Crippen LogP contribution is -2.39. The lowest BCUT2D eigenvalue weighted by atomic mass is 10.2. The van der Waals surface area contributed by atoms with Crippen molar-refractivity contribution in [3.8, 4) is 11.5 Å². The number of para-hydroxylation sites is 1. The van der Waals surface area contributed by atoms with Gasteiger partial charge in [-0.1, -0.05) is 30.3 Å². The molecule has 27 heavy (non-hydrogen) atoms. The fourth-order valence-electron chi connectivity index (χ4n) is 2.91. The predicted octanol–water partition coefficient (Wildman–Crippen LogP) is 2.61. The van der Waals surface area contributed by atoms with E-state index in [1.165, 1.54) is 0 Å². The van der Waals surface area contributed by atoms with Crippen LogP contribution in [0, 0.1) is 0 Å². The van der Waals surface area contributed by atoms with E-state index in [1.807, 2.05) is 54.6 Å². The van der Waals surface area contributed by atoms with E-state index < -0.39 is 0 Å². The van der Waals surface area contributed by atoms with Crippen LogP contribution in [0.25, 0.3) is 0 Å². The summed E-state index contributed by atoms with van der Waals surface area (Å²) in [6, 6.07) is 17.7. The maximum atomic E-state index is 5.98. The standard InChI is InChI=1S/C21H28N4O2/c22-21(23-10-5-11-25-12-14-26-15-13-25)24-17-18-6-4-9-20(16-18)27-19-7-2-1-3-8-19/h1-4,6-9,16H,5,10-15,17H2,(H3,22,23,24). The summed E-state index contributed by atoms with van der Waals surface area (Å²) in [6.07, 6.45) is 1.04. The maximum Gasteiger partial charge on any atom is 0.188 e. The Morgan fingerprint density at radius 1 is 1.07 bits per heavy atom. The molecule has 2 aromatic rings. The van der Waals surface area contributed by atoms with Crippen molar-refractivity contribution >= 4 is 5.96 Å². The number of morpholine rings is 1.